The first-order valence-corrected chi connectivity index (χ1v) is 2.88. The Morgan fingerprint density at radius 3 is 1.70 bits per heavy atom. The topological polar surface area (TPSA) is 72.2 Å². The van der Waals surface area contributed by atoms with Gasteiger partial charge in [-0.25, -0.2) is 0 Å². The normalized spacial score (nSPS) is 6.40. The van der Waals surface area contributed by atoms with Crippen LogP contribution in [0.25, 0.3) is 0 Å². The summed E-state index contributed by atoms with van der Waals surface area (Å²) in [6.45, 7) is 3.81. The molecule has 0 saturated carbocycles. The molecule has 0 unspecified atom stereocenters. The Morgan fingerprint density at radius 1 is 1.40 bits per heavy atom. The molecular formula is C4H13NaO3S2. The van der Waals surface area contributed by atoms with E-state index in [1.165, 1.54) is 0 Å². The molecule has 6 heteroatoms. The van der Waals surface area contributed by atoms with E-state index in [4.69, 9.17) is 4.74 Å². The number of thiocarbonyl (C=S) groups is 1. The first kappa shape index (κ1) is 22.5. The van der Waals surface area contributed by atoms with E-state index >= 15 is 0 Å². The van der Waals surface area contributed by atoms with Crippen molar-refractivity contribution >= 4 is 58.8 Å². The molecule has 0 amide bonds. The third-order valence-corrected chi connectivity index (χ3v) is 0.538. The number of ether oxygens (including phenoxy) is 1. The van der Waals surface area contributed by atoms with E-state index in [1.807, 2.05) is 13.8 Å². The van der Waals surface area contributed by atoms with Crippen molar-refractivity contribution < 1.29 is 15.7 Å². The van der Waals surface area contributed by atoms with Crippen LogP contribution in [0.2, 0.25) is 0 Å². The van der Waals surface area contributed by atoms with Gasteiger partial charge in [0.05, 0.1) is 6.10 Å². The SMILES string of the molecule is CC(C)OC(=S)S.O.O.[NaH]. The van der Waals surface area contributed by atoms with Gasteiger partial charge in [0, 0.05) is 0 Å². The second-order valence-electron chi connectivity index (χ2n) is 1.43. The van der Waals surface area contributed by atoms with Crippen molar-refractivity contribution in [2.24, 2.45) is 0 Å². The fourth-order valence-corrected chi connectivity index (χ4v) is 0.605. The third-order valence-electron chi connectivity index (χ3n) is 0.337. The molecule has 10 heavy (non-hydrogen) atoms. The van der Waals surface area contributed by atoms with Crippen molar-refractivity contribution in [2.75, 3.05) is 0 Å². The number of thiol groups is 1. The molecule has 0 fully saturated rings. The molecule has 0 aromatic heterocycles. The molecule has 0 atom stereocenters. The first-order chi connectivity index (χ1) is 3.13. The second-order valence-corrected chi connectivity index (χ2v) is 2.51. The van der Waals surface area contributed by atoms with Gasteiger partial charge < -0.3 is 15.7 Å². The average molecular weight is 196 g/mol. The van der Waals surface area contributed by atoms with Crippen molar-refractivity contribution in [3.05, 3.63) is 0 Å². The summed E-state index contributed by atoms with van der Waals surface area (Å²) in [4.78, 5) is 0. The summed E-state index contributed by atoms with van der Waals surface area (Å²) in [5, 5.41) is 0. The zero-order valence-corrected chi connectivity index (χ0v) is 7.05. The summed E-state index contributed by atoms with van der Waals surface area (Å²) in [6, 6.07) is 0. The van der Waals surface area contributed by atoms with Crippen LogP contribution in [-0.2, 0) is 4.74 Å². The molecule has 0 heterocycles. The van der Waals surface area contributed by atoms with E-state index in [9.17, 15) is 0 Å². The van der Waals surface area contributed by atoms with E-state index in [0.717, 1.165) is 0 Å². The molecule has 0 radical (unpaired) electrons. The molecule has 0 spiro atoms. The van der Waals surface area contributed by atoms with Crippen LogP contribution in [0.5, 0.6) is 0 Å². The predicted molar refractivity (Wildman–Crippen MR) is 52.2 cm³/mol. The standard InChI is InChI=1S/C4H8OS2.Na.2H2O.H/c1-3(2)5-4(6)7;;;;/h3H,1-2H3,(H,6,7);;2*1H2;. The fourth-order valence-electron chi connectivity index (χ4n) is 0.202. The molecular weight excluding hydrogens is 183 g/mol. The number of hydrogen-bond acceptors (Lipinski definition) is 2. The van der Waals surface area contributed by atoms with Gasteiger partial charge in [-0.3, -0.25) is 0 Å². The van der Waals surface area contributed by atoms with E-state index < -0.39 is 0 Å². The molecule has 0 rings (SSSR count). The van der Waals surface area contributed by atoms with Crippen molar-refractivity contribution in [1.29, 1.82) is 0 Å². The van der Waals surface area contributed by atoms with Gasteiger partial charge in [0.15, 0.2) is 0 Å². The van der Waals surface area contributed by atoms with E-state index in [1.54, 1.807) is 0 Å². The minimum absolute atomic E-state index is 0. The van der Waals surface area contributed by atoms with Crippen LogP contribution in [0.15, 0.2) is 0 Å². The van der Waals surface area contributed by atoms with Crippen LogP contribution in [-0.4, -0.2) is 51.0 Å². The van der Waals surface area contributed by atoms with Crippen LogP contribution in [0.3, 0.4) is 0 Å². The van der Waals surface area contributed by atoms with Gasteiger partial charge in [-0.2, -0.15) is 0 Å². The molecule has 0 saturated heterocycles. The predicted octanol–water partition coefficient (Wildman–Crippen LogP) is -0.672. The molecule has 3 nitrogen and oxygen atoms in total. The summed E-state index contributed by atoms with van der Waals surface area (Å²) in [6.07, 6.45) is 0.157. The van der Waals surface area contributed by atoms with Gasteiger partial charge >= 0.3 is 29.6 Å². The second kappa shape index (κ2) is 12.8. The Labute approximate surface area is 93.8 Å². The summed E-state index contributed by atoms with van der Waals surface area (Å²) in [7, 11) is 0. The van der Waals surface area contributed by atoms with Crippen LogP contribution in [0, 0.1) is 0 Å². The van der Waals surface area contributed by atoms with E-state index in [0.29, 0.717) is 4.38 Å². The Kier molecular flexibility index (Phi) is 28.8. The Hall–Kier alpha value is 1.16. The van der Waals surface area contributed by atoms with Crippen LogP contribution < -0.4 is 0 Å². The Balaban J connectivity index is -0.0000000600. The van der Waals surface area contributed by atoms with Gasteiger partial charge in [0.1, 0.15) is 0 Å². The van der Waals surface area contributed by atoms with Crippen molar-refractivity contribution in [3.8, 4) is 0 Å². The van der Waals surface area contributed by atoms with Gasteiger partial charge in [-0.05, 0) is 26.1 Å². The zero-order chi connectivity index (χ0) is 5.86. The zero-order valence-electron chi connectivity index (χ0n) is 5.34. The molecule has 0 aliphatic rings. The Bertz CT molecular complexity index is 78.9. The van der Waals surface area contributed by atoms with Gasteiger partial charge in [0.2, 0.25) is 4.38 Å². The fraction of sp³-hybridized carbons (Fsp3) is 0.750. The molecule has 0 aromatic rings. The molecule has 0 aliphatic carbocycles. The maximum absolute atomic E-state index is 4.85. The minimum atomic E-state index is 0. The third kappa shape index (κ3) is 22.9. The van der Waals surface area contributed by atoms with Crippen molar-refractivity contribution in [3.63, 3.8) is 0 Å². The number of hydrogen-bond donors (Lipinski definition) is 1. The monoisotopic (exact) mass is 196 g/mol. The average Bonchev–Trinajstić information content (AvgIpc) is 1.27. The number of rotatable bonds is 1. The molecule has 4 N–H and O–H groups in total. The molecule has 60 valence electrons. The van der Waals surface area contributed by atoms with Crippen LogP contribution >= 0.6 is 24.8 Å². The van der Waals surface area contributed by atoms with Gasteiger partial charge in [0.25, 0.3) is 0 Å². The van der Waals surface area contributed by atoms with E-state index in [-0.39, 0.29) is 46.6 Å². The molecule has 0 aromatic carbocycles. The van der Waals surface area contributed by atoms with E-state index in [2.05, 4.69) is 24.8 Å². The van der Waals surface area contributed by atoms with Gasteiger partial charge in [-0.1, -0.05) is 12.6 Å². The molecule has 0 bridgehead atoms. The van der Waals surface area contributed by atoms with Crippen LogP contribution in [0.4, 0.5) is 0 Å². The van der Waals surface area contributed by atoms with Crippen molar-refractivity contribution in [2.45, 2.75) is 20.0 Å². The van der Waals surface area contributed by atoms with Crippen LogP contribution in [0.1, 0.15) is 13.8 Å². The molecule has 0 aliphatic heterocycles. The summed E-state index contributed by atoms with van der Waals surface area (Å²) >= 11 is 8.26. The Morgan fingerprint density at radius 2 is 1.70 bits per heavy atom. The quantitative estimate of drug-likeness (QED) is 0.343. The first-order valence-electron chi connectivity index (χ1n) is 2.02. The maximum atomic E-state index is 4.85. The summed E-state index contributed by atoms with van der Waals surface area (Å²) in [5.41, 5.74) is 0. The van der Waals surface area contributed by atoms with Crippen molar-refractivity contribution in [1.82, 2.24) is 0 Å². The summed E-state index contributed by atoms with van der Waals surface area (Å²) < 4.78 is 5.16. The van der Waals surface area contributed by atoms with Gasteiger partial charge in [-0.15, -0.1) is 0 Å². The summed E-state index contributed by atoms with van der Waals surface area (Å²) in [5.74, 6) is 0.